The molecule has 104 valence electrons. The van der Waals surface area contributed by atoms with Crippen molar-refractivity contribution in [2.24, 2.45) is 0 Å². The van der Waals surface area contributed by atoms with E-state index >= 15 is 0 Å². The Morgan fingerprint density at radius 1 is 1.50 bits per heavy atom. The molecular weight excluding hydrogens is 256 g/mol. The van der Waals surface area contributed by atoms with Gasteiger partial charge in [0, 0.05) is 12.3 Å². The lowest BCUT2D eigenvalue weighted by atomic mass is 9.96. The number of carbonyl (C=O) groups is 1. The van der Waals surface area contributed by atoms with E-state index in [1.807, 2.05) is 30.3 Å². The van der Waals surface area contributed by atoms with Gasteiger partial charge in [0.1, 0.15) is 0 Å². The van der Waals surface area contributed by atoms with Gasteiger partial charge in [0.25, 0.3) is 0 Å². The maximum Gasteiger partial charge on any atom is 0.336 e. The van der Waals surface area contributed by atoms with Gasteiger partial charge in [0.15, 0.2) is 0 Å². The number of H-pyrrole nitrogens is 1. The molecule has 1 heterocycles. The number of hydrogen-bond donors (Lipinski definition) is 2. The summed E-state index contributed by atoms with van der Waals surface area (Å²) in [6.45, 7) is 3.78. The van der Waals surface area contributed by atoms with Gasteiger partial charge in [-0.3, -0.25) is 10.1 Å². The average molecular weight is 272 g/mol. The Labute approximate surface area is 116 Å². The number of allylic oxidation sites excluding steroid dienone is 1. The number of methoxy groups -OCH3 is 1. The number of ether oxygens (including phenoxy) is 1. The smallest absolute Gasteiger partial charge is 0.336 e. The van der Waals surface area contributed by atoms with Gasteiger partial charge >= 0.3 is 6.01 Å². The molecular formula is C14H16N4O2. The summed E-state index contributed by atoms with van der Waals surface area (Å²) >= 11 is 0. The highest BCUT2D eigenvalue weighted by molar-refractivity contribution is 5.89. The van der Waals surface area contributed by atoms with Crippen molar-refractivity contribution in [2.75, 3.05) is 12.4 Å². The van der Waals surface area contributed by atoms with Gasteiger partial charge < -0.3 is 4.74 Å². The van der Waals surface area contributed by atoms with Gasteiger partial charge in [-0.25, -0.2) is 5.10 Å². The third-order valence-electron chi connectivity index (χ3n) is 2.82. The van der Waals surface area contributed by atoms with E-state index in [0.717, 1.165) is 5.56 Å². The molecule has 0 saturated carbocycles. The summed E-state index contributed by atoms with van der Waals surface area (Å²) in [5, 5.41) is 8.96. The minimum atomic E-state index is -0.169. The van der Waals surface area contributed by atoms with Gasteiger partial charge in [-0.15, -0.1) is 11.7 Å². The Hall–Kier alpha value is -2.63. The predicted octanol–water partition coefficient (Wildman–Crippen LogP) is 2.11. The number of anilines is 1. The number of nitrogens with zero attached hydrogens (tertiary/aromatic N) is 2. The molecule has 0 aliphatic carbocycles. The Balaban J connectivity index is 1.97. The van der Waals surface area contributed by atoms with E-state index in [1.165, 1.54) is 7.11 Å². The third-order valence-corrected chi connectivity index (χ3v) is 2.82. The first-order valence-electron chi connectivity index (χ1n) is 6.16. The lowest BCUT2D eigenvalue weighted by Crippen LogP contribution is -2.15. The van der Waals surface area contributed by atoms with Gasteiger partial charge in [-0.2, -0.15) is 4.98 Å². The van der Waals surface area contributed by atoms with Crippen molar-refractivity contribution in [3.8, 4) is 6.01 Å². The lowest BCUT2D eigenvalue weighted by molar-refractivity contribution is -0.116. The fourth-order valence-electron chi connectivity index (χ4n) is 1.81. The zero-order valence-electron chi connectivity index (χ0n) is 11.2. The van der Waals surface area contributed by atoms with Crippen LogP contribution in [0.3, 0.4) is 0 Å². The molecule has 6 nitrogen and oxygen atoms in total. The van der Waals surface area contributed by atoms with Crippen molar-refractivity contribution in [2.45, 2.75) is 12.3 Å². The lowest BCUT2D eigenvalue weighted by Gasteiger charge is -2.11. The SMILES string of the molecule is C=CC(CC(=O)Nc1nc(OC)n[nH]1)c1ccccc1. The highest BCUT2D eigenvalue weighted by atomic mass is 16.5. The molecule has 20 heavy (non-hydrogen) atoms. The van der Waals surface area contributed by atoms with Crippen molar-refractivity contribution < 1.29 is 9.53 Å². The molecule has 2 N–H and O–H groups in total. The van der Waals surface area contributed by atoms with E-state index in [-0.39, 0.29) is 30.2 Å². The van der Waals surface area contributed by atoms with Crippen LogP contribution >= 0.6 is 0 Å². The van der Waals surface area contributed by atoms with E-state index in [2.05, 4.69) is 27.1 Å². The Bertz CT molecular complexity index is 580. The molecule has 2 rings (SSSR count). The van der Waals surface area contributed by atoms with Gasteiger partial charge in [0.05, 0.1) is 7.11 Å². The van der Waals surface area contributed by atoms with Crippen LogP contribution in [0.25, 0.3) is 0 Å². The van der Waals surface area contributed by atoms with Gasteiger partial charge in [-0.05, 0) is 5.56 Å². The van der Waals surface area contributed by atoms with Crippen molar-refractivity contribution in [3.05, 3.63) is 48.6 Å². The quantitative estimate of drug-likeness (QED) is 0.789. The van der Waals surface area contributed by atoms with Crippen LogP contribution < -0.4 is 10.1 Å². The monoisotopic (exact) mass is 272 g/mol. The summed E-state index contributed by atoms with van der Waals surface area (Å²) < 4.78 is 4.83. The number of amides is 1. The standard InChI is InChI=1S/C14H16N4O2/c1-3-10(11-7-5-4-6-8-11)9-12(19)15-13-16-14(20-2)18-17-13/h3-8,10H,1,9H2,2H3,(H2,15,16,17,18,19). The summed E-state index contributed by atoms with van der Waals surface area (Å²) in [5.41, 5.74) is 1.05. The van der Waals surface area contributed by atoms with E-state index < -0.39 is 0 Å². The largest absolute Gasteiger partial charge is 0.466 e. The molecule has 0 fully saturated rings. The molecule has 1 atom stereocenters. The van der Waals surface area contributed by atoms with E-state index in [0.29, 0.717) is 0 Å². The second-order valence-electron chi connectivity index (χ2n) is 4.18. The van der Waals surface area contributed by atoms with Crippen LogP contribution in [0.2, 0.25) is 0 Å². The molecule has 0 saturated heterocycles. The van der Waals surface area contributed by atoms with E-state index in [1.54, 1.807) is 6.08 Å². The van der Waals surface area contributed by atoms with Gasteiger partial charge in [-0.1, -0.05) is 36.4 Å². The second-order valence-corrected chi connectivity index (χ2v) is 4.18. The molecule has 1 aromatic heterocycles. The molecule has 2 aromatic rings. The summed E-state index contributed by atoms with van der Waals surface area (Å²) in [4.78, 5) is 15.9. The predicted molar refractivity (Wildman–Crippen MR) is 75.6 cm³/mol. The fraction of sp³-hybridized carbons (Fsp3) is 0.214. The highest BCUT2D eigenvalue weighted by Gasteiger charge is 2.14. The van der Waals surface area contributed by atoms with Crippen LogP contribution in [-0.4, -0.2) is 28.2 Å². The maximum absolute atomic E-state index is 12.0. The van der Waals surface area contributed by atoms with Crippen LogP contribution in [0.5, 0.6) is 6.01 Å². The van der Waals surface area contributed by atoms with Crippen LogP contribution in [0.15, 0.2) is 43.0 Å². The molecule has 0 aliphatic rings. The summed E-state index contributed by atoms with van der Waals surface area (Å²) in [6, 6.07) is 9.93. The summed E-state index contributed by atoms with van der Waals surface area (Å²) in [6.07, 6.45) is 2.05. The number of aromatic nitrogens is 3. The van der Waals surface area contributed by atoms with Gasteiger partial charge in [0.2, 0.25) is 11.9 Å². The second kappa shape index (κ2) is 6.51. The molecule has 0 spiro atoms. The summed E-state index contributed by atoms with van der Waals surface area (Å²) in [5.74, 6) is 0.0568. The van der Waals surface area contributed by atoms with Crippen molar-refractivity contribution in [1.82, 2.24) is 15.2 Å². The maximum atomic E-state index is 12.0. The fourth-order valence-corrected chi connectivity index (χ4v) is 1.81. The number of hydrogen-bond acceptors (Lipinski definition) is 4. The van der Waals surface area contributed by atoms with E-state index in [9.17, 15) is 4.79 Å². The third kappa shape index (κ3) is 3.44. The number of carbonyl (C=O) groups excluding carboxylic acids is 1. The normalized spacial score (nSPS) is 11.7. The average Bonchev–Trinajstić information content (AvgIpc) is 2.93. The molecule has 0 radical (unpaired) electrons. The van der Waals surface area contributed by atoms with Crippen LogP contribution in [0.1, 0.15) is 17.9 Å². The number of nitrogens with one attached hydrogen (secondary N) is 2. The minimum absolute atomic E-state index is 0.0407. The molecule has 6 heteroatoms. The topological polar surface area (TPSA) is 79.9 Å². The Kier molecular flexibility index (Phi) is 4.49. The Morgan fingerprint density at radius 3 is 2.85 bits per heavy atom. The first-order valence-corrected chi connectivity index (χ1v) is 6.16. The van der Waals surface area contributed by atoms with Crippen molar-refractivity contribution >= 4 is 11.9 Å². The number of aromatic amines is 1. The zero-order chi connectivity index (χ0) is 14.4. The number of benzene rings is 1. The first-order chi connectivity index (χ1) is 9.72. The number of rotatable bonds is 6. The molecule has 0 aliphatic heterocycles. The van der Waals surface area contributed by atoms with Crippen molar-refractivity contribution in [1.29, 1.82) is 0 Å². The minimum Gasteiger partial charge on any atom is -0.466 e. The zero-order valence-corrected chi connectivity index (χ0v) is 11.2. The van der Waals surface area contributed by atoms with Crippen LogP contribution in [0.4, 0.5) is 5.95 Å². The highest BCUT2D eigenvalue weighted by Crippen LogP contribution is 2.21. The summed E-state index contributed by atoms with van der Waals surface area (Å²) in [7, 11) is 1.46. The Morgan fingerprint density at radius 2 is 2.25 bits per heavy atom. The molecule has 1 amide bonds. The molecule has 0 bridgehead atoms. The van der Waals surface area contributed by atoms with Crippen LogP contribution in [-0.2, 0) is 4.79 Å². The molecule has 1 unspecified atom stereocenters. The molecule has 1 aromatic carbocycles. The first kappa shape index (κ1) is 13.8. The van der Waals surface area contributed by atoms with Crippen LogP contribution in [0, 0.1) is 0 Å². The van der Waals surface area contributed by atoms with E-state index in [4.69, 9.17) is 4.74 Å². The van der Waals surface area contributed by atoms with Crippen molar-refractivity contribution in [3.63, 3.8) is 0 Å².